The minimum atomic E-state index is -0.522. The highest BCUT2D eigenvalue weighted by molar-refractivity contribution is 9.10. The van der Waals surface area contributed by atoms with Gasteiger partial charge in [0.05, 0.1) is 11.8 Å². The number of halogens is 1. The molecule has 0 aliphatic heterocycles. The van der Waals surface area contributed by atoms with Crippen LogP contribution in [0.1, 0.15) is 10.5 Å². The second-order valence-corrected chi connectivity index (χ2v) is 4.56. The first-order chi connectivity index (χ1) is 7.11. The number of hydrogen-bond acceptors (Lipinski definition) is 6. The number of fused-ring (bicyclic) bond motifs is 1. The lowest BCUT2D eigenvalue weighted by atomic mass is 10.3. The van der Waals surface area contributed by atoms with Crippen LogP contribution in [0.4, 0.5) is 5.13 Å². The fourth-order valence-corrected chi connectivity index (χ4v) is 2.49. The molecule has 0 bridgehead atoms. The van der Waals surface area contributed by atoms with Gasteiger partial charge in [0.1, 0.15) is 10.1 Å². The number of thiazole rings is 1. The SMILES string of the molecule is COC(=O)c1nc(Br)cc2sc(N)nc12. The minimum Gasteiger partial charge on any atom is -0.464 e. The van der Waals surface area contributed by atoms with Crippen LogP contribution in [0.15, 0.2) is 10.7 Å². The number of methoxy groups -OCH3 is 1. The molecule has 0 amide bonds. The highest BCUT2D eigenvalue weighted by atomic mass is 79.9. The van der Waals surface area contributed by atoms with Gasteiger partial charge < -0.3 is 10.5 Å². The van der Waals surface area contributed by atoms with Crippen molar-refractivity contribution < 1.29 is 9.53 Å². The van der Waals surface area contributed by atoms with Gasteiger partial charge in [0.15, 0.2) is 10.8 Å². The third kappa shape index (κ3) is 1.80. The Balaban J connectivity index is 2.75. The predicted molar refractivity (Wildman–Crippen MR) is 60.9 cm³/mol. The molecule has 0 fully saturated rings. The number of ether oxygens (including phenoxy) is 1. The van der Waals surface area contributed by atoms with E-state index in [1.807, 2.05) is 0 Å². The van der Waals surface area contributed by atoms with Crippen LogP contribution >= 0.6 is 27.3 Å². The fourth-order valence-electron chi connectivity index (χ4n) is 1.16. The van der Waals surface area contributed by atoms with Gasteiger partial charge in [0, 0.05) is 0 Å². The van der Waals surface area contributed by atoms with Crippen LogP contribution in [-0.2, 0) is 4.74 Å². The Kier molecular flexibility index (Phi) is 2.57. The van der Waals surface area contributed by atoms with E-state index in [-0.39, 0.29) is 5.69 Å². The van der Waals surface area contributed by atoms with Crippen molar-refractivity contribution in [2.24, 2.45) is 0 Å². The maximum absolute atomic E-state index is 11.4. The molecule has 0 aromatic carbocycles. The van der Waals surface area contributed by atoms with Crippen LogP contribution in [0.3, 0.4) is 0 Å². The first-order valence-electron chi connectivity index (χ1n) is 3.92. The van der Waals surface area contributed by atoms with Gasteiger partial charge in [-0.1, -0.05) is 11.3 Å². The van der Waals surface area contributed by atoms with Gasteiger partial charge in [-0.2, -0.15) is 0 Å². The molecule has 0 unspecified atom stereocenters. The molecule has 0 atom stereocenters. The number of hydrogen-bond donors (Lipinski definition) is 1. The highest BCUT2D eigenvalue weighted by Gasteiger charge is 2.16. The zero-order chi connectivity index (χ0) is 11.0. The number of esters is 1. The maximum Gasteiger partial charge on any atom is 0.359 e. The third-order valence-corrected chi connectivity index (χ3v) is 2.98. The molecule has 0 spiro atoms. The third-order valence-electron chi connectivity index (χ3n) is 1.74. The van der Waals surface area contributed by atoms with E-state index in [2.05, 4.69) is 30.6 Å². The zero-order valence-corrected chi connectivity index (χ0v) is 10.1. The van der Waals surface area contributed by atoms with Crippen LogP contribution in [0, 0.1) is 0 Å². The Bertz CT molecular complexity index is 540. The quantitative estimate of drug-likeness (QED) is 0.639. The van der Waals surface area contributed by atoms with Crippen LogP contribution < -0.4 is 5.73 Å². The Labute approximate surface area is 97.4 Å². The first kappa shape index (κ1) is 10.3. The van der Waals surface area contributed by atoms with Crippen LogP contribution in [0.2, 0.25) is 0 Å². The normalized spacial score (nSPS) is 10.5. The first-order valence-corrected chi connectivity index (χ1v) is 5.53. The number of carbonyl (C=O) groups excluding carboxylic acids is 1. The largest absolute Gasteiger partial charge is 0.464 e. The topological polar surface area (TPSA) is 78.1 Å². The molecule has 5 nitrogen and oxygen atoms in total. The molecule has 15 heavy (non-hydrogen) atoms. The van der Waals surface area contributed by atoms with E-state index in [0.29, 0.717) is 15.3 Å². The number of anilines is 1. The molecule has 2 aromatic heterocycles. The molecular weight excluding hydrogens is 282 g/mol. The van der Waals surface area contributed by atoms with E-state index in [0.717, 1.165) is 4.70 Å². The monoisotopic (exact) mass is 287 g/mol. The van der Waals surface area contributed by atoms with Crippen molar-refractivity contribution in [3.05, 3.63) is 16.4 Å². The van der Waals surface area contributed by atoms with Gasteiger partial charge in [-0.05, 0) is 22.0 Å². The minimum absolute atomic E-state index is 0.176. The van der Waals surface area contributed by atoms with E-state index in [1.165, 1.54) is 18.4 Å². The summed E-state index contributed by atoms with van der Waals surface area (Å²) in [5, 5.41) is 0.398. The lowest BCUT2D eigenvalue weighted by Gasteiger charge is -1.99. The average Bonchev–Trinajstić information content (AvgIpc) is 2.55. The van der Waals surface area contributed by atoms with Crippen molar-refractivity contribution in [2.45, 2.75) is 0 Å². The molecule has 0 saturated carbocycles. The second kappa shape index (κ2) is 3.74. The lowest BCUT2D eigenvalue weighted by Crippen LogP contribution is -2.05. The number of aromatic nitrogens is 2. The maximum atomic E-state index is 11.4. The second-order valence-electron chi connectivity index (χ2n) is 2.68. The van der Waals surface area contributed by atoms with Crippen molar-refractivity contribution >= 4 is 48.6 Å². The molecule has 78 valence electrons. The molecular formula is C8H6BrN3O2S. The summed E-state index contributed by atoms with van der Waals surface area (Å²) in [6.07, 6.45) is 0. The van der Waals surface area contributed by atoms with Gasteiger partial charge >= 0.3 is 5.97 Å². The van der Waals surface area contributed by atoms with Crippen LogP contribution in [0.5, 0.6) is 0 Å². The fraction of sp³-hybridized carbons (Fsp3) is 0.125. The summed E-state index contributed by atoms with van der Waals surface area (Å²) in [5.74, 6) is -0.522. The number of carbonyl (C=O) groups is 1. The standard InChI is InChI=1S/C8H6BrN3O2S/c1-14-7(13)6-5-3(2-4(9)11-6)15-8(10)12-5/h2H,1H3,(H2,10,12). The van der Waals surface area contributed by atoms with E-state index in [4.69, 9.17) is 5.73 Å². The number of nitrogen functional groups attached to an aromatic ring is 1. The summed E-state index contributed by atoms with van der Waals surface area (Å²) in [6, 6.07) is 1.76. The summed E-state index contributed by atoms with van der Waals surface area (Å²) in [4.78, 5) is 19.5. The molecule has 7 heteroatoms. The Morgan fingerprint density at radius 2 is 2.33 bits per heavy atom. The van der Waals surface area contributed by atoms with Crippen molar-refractivity contribution in [1.29, 1.82) is 0 Å². The summed E-state index contributed by atoms with van der Waals surface area (Å²) < 4.78 is 5.97. The van der Waals surface area contributed by atoms with E-state index >= 15 is 0 Å². The summed E-state index contributed by atoms with van der Waals surface area (Å²) in [5.41, 5.74) is 6.22. The Hall–Kier alpha value is -1.21. The van der Waals surface area contributed by atoms with Crippen molar-refractivity contribution in [3.63, 3.8) is 0 Å². The van der Waals surface area contributed by atoms with E-state index in [1.54, 1.807) is 6.07 Å². The Morgan fingerprint density at radius 3 is 3.00 bits per heavy atom. The lowest BCUT2D eigenvalue weighted by molar-refractivity contribution is 0.0596. The van der Waals surface area contributed by atoms with E-state index < -0.39 is 5.97 Å². The molecule has 2 rings (SSSR count). The van der Waals surface area contributed by atoms with Gasteiger partial charge in [-0.25, -0.2) is 14.8 Å². The molecule has 2 heterocycles. The Morgan fingerprint density at radius 1 is 1.60 bits per heavy atom. The smallest absolute Gasteiger partial charge is 0.359 e. The highest BCUT2D eigenvalue weighted by Crippen LogP contribution is 2.28. The van der Waals surface area contributed by atoms with Crippen LogP contribution in [-0.4, -0.2) is 23.0 Å². The number of rotatable bonds is 1. The van der Waals surface area contributed by atoms with Gasteiger partial charge in [0.25, 0.3) is 0 Å². The summed E-state index contributed by atoms with van der Waals surface area (Å²) in [7, 11) is 1.30. The molecule has 2 aromatic rings. The summed E-state index contributed by atoms with van der Waals surface area (Å²) in [6.45, 7) is 0. The predicted octanol–water partition coefficient (Wildman–Crippen LogP) is 1.82. The van der Waals surface area contributed by atoms with E-state index in [9.17, 15) is 4.79 Å². The van der Waals surface area contributed by atoms with Gasteiger partial charge in [-0.3, -0.25) is 0 Å². The summed E-state index contributed by atoms with van der Waals surface area (Å²) >= 11 is 4.51. The van der Waals surface area contributed by atoms with Crippen molar-refractivity contribution in [3.8, 4) is 0 Å². The van der Waals surface area contributed by atoms with Crippen LogP contribution in [0.25, 0.3) is 10.2 Å². The molecule has 0 radical (unpaired) electrons. The molecule has 0 saturated heterocycles. The molecule has 0 aliphatic carbocycles. The number of nitrogens with two attached hydrogens (primary N) is 1. The van der Waals surface area contributed by atoms with Crippen molar-refractivity contribution in [2.75, 3.05) is 12.8 Å². The molecule has 2 N–H and O–H groups in total. The van der Waals surface area contributed by atoms with Crippen molar-refractivity contribution in [1.82, 2.24) is 9.97 Å². The van der Waals surface area contributed by atoms with Gasteiger partial charge in [-0.15, -0.1) is 0 Å². The van der Waals surface area contributed by atoms with Gasteiger partial charge in [0.2, 0.25) is 0 Å². The zero-order valence-electron chi connectivity index (χ0n) is 7.65. The molecule has 0 aliphatic rings. The average molecular weight is 288 g/mol. The number of pyridine rings is 1. The number of nitrogens with zero attached hydrogens (tertiary/aromatic N) is 2.